The first kappa shape index (κ1) is 16.3. The fourth-order valence-corrected chi connectivity index (χ4v) is 2.43. The largest absolute Gasteiger partial charge is 0.497 e. The van der Waals surface area contributed by atoms with Gasteiger partial charge in [-0.05, 0) is 42.4 Å². The molecule has 22 heavy (non-hydrogen) atoms. The van der Waals surface area contributed by atoms with Gasteiger partial charge in [0, 0.05) is 19.6 Å². The zero-order chi connectivity index (χ0) is 15.8. The van der Waals surface area contributed by atoms with E-state index in [9.17, 15) is 0 Å². The van der Waals surface area contributed by atoms with Crippen LogP contribution in [0.15, 0.2) is 54.6 Å². The smallest absolute Gasteiger partial charge is 0.169 e. The van der Waals surface area contributed by atoms with Gasteiger partial charge in [-0.2, -0.15) is 0 Å². The predicted octanol–water partition coefficient (Wildman–Crippen LogP) is 3.59. The minimum atomic E-state index is 0.716. The number of nitrogens with zero attached hydrogens (tertiary/aromatic N) is 1. The van der Waals surface area contributed by atoms with Crippen LogP contribution in [0, 0.1) is 0 Å². The number of thiocarbonyl (C=S) groups is 1. The quantitative estimate of drug-likeness (QED) is 0.824. The number of ether oxygens (including phenoxy) is 1. The van der Waals surface area contributed by atoms with Crippen LogP contribution in [0.25, 0.3) is 0 Å². The molecule has 116 valence electrons. The van der Waals surface area contributed by atoms with Crippen molar-refractivity contribution in [3.8, 4) is 5.75 Å². The van der Waals surface area contributed by atoms with Gasteiger partial charge in [0.1, 0.15) is 5.75 Å². The summed E-state index contributed by atoms with van der Waals surface area (Å²) < 4.78 is 5.16. The zero-order valence-corrected chi connectivity index (χ0v) is 13.9. The minimum Gasteiger partial charge on any atom is -0.497 e. The standard InChI is InChI=1S/C18H22N2OS/c1-3-20(14-16-7-5-4-6-8-16)18(22)19-13-15-9-11-17(21-2)12-10-15/h4-12H,3,13-14H2,1-2H3,(H,19,22). The molecule has 0 aromatic heterocycles. The van der Waals surface area contributed by atoms with Crippen LogP contribution in [0.3, 0.4) is 0 Å². The summed E-state index contributed by atoms with van der Waals surface area (Å²) in [6.07, 6.45) is 0. The van der Waals surface area contributed by atoms with Gasteiger partial charge in [0.25, 0.3) is 0 Å². The molecule has 2 rings (SSSR count). The van der Waals surface area contributed by atoms with Crippen molar-refractivity contribution < 1.29 is 4.74 Å². The molecule has 0 bridgehead atoms. The van der Waals surface area contributed by atoms with Gasteiger partial charge < -0.3 is 15.0 Å². The Balaban J connectivity index is 1.88. The summed E-state index contributed by atoms with van der Waals surface area (Å²) in [5, 5.41) is 4.10. The highest BCUT2D eigenvalue weighted by Crippen LogP contribution is 2.11. The third kappa shape index (κ3) is 4.74. The van der Waals surface area contributed by atoms with E-state index in [1.54, 1.807) is 7.11 Å². The van der Waals surface area contributed by atoms with E-state index in [0.717, 1.165) is 24.0 Å². The molecule has 0 fully saturated rings. The molecule has 0 saturated carbocycles. The summed E-state index contributed by atoms with van der Waals surface area (Å²) in [5.41, 5.74) is 2.44. The van der Waals surface area contributed by atoms with Crippen LogP contribution in [-0.2, 0) is 13.1 Å². The molecule has 4 heteroatoms. The molecule has 2 aromatic carbocycles. The predicted molar refractivity (Wildman–Crippen MR) is 95.0 cm³/mol. The van der Waals surface area contributed by atoms with Crippen molar-refractivity contribution in [3.63, 3.8) is 0 Å². The molecule has 0 amide bonds. The monoisotopic (exact) mass is 314 g/mol. The molecule has 0 atom stereocenters. The summed E-state index contributed by atoms with van der Waals surface area (Å²) in [5.74, 6) is 0.866. The number of nitrogens with one attached hydrogen (secondary N) is 1. The van der Waals surface area contributed by atoms with Crippen LogP contribution in [-0.4, -0.2) is 23.7 Å². The summed E-state index contributed by atoms with van der Waals surface area (Å²) in [6.45, 7) is 4.54. The number of methoxy groups -OCH3 is 1. The lowest BCUT2D eigenvalue weighted by molar-refractivity contribution is 0.414. The summed E-state index contributed by atoms with van der Waals surface area (Å²) in [6, 6.07) is 18.4. The molecule has 0 saturated heterocycles. The number of hydrogen-bond donors (Lipinski definition) is 1. The number of rotatable bonds is 6. The highest BCUT2D eigenvalue weighted by atomic mass is 32.1. The molecule has 0 unspecified atom stereocenters. The molecule has 2 aromatic rings. The van der Waals surface area contributed by atoms with E-state index in [2.05, 4.69) is 41.4 Å². The summed E-state index contributed by atoms with van der Waals surface area (Å²) in [7, 11) is 1.67. The van der Waals surface area contributed by atoms with E-state index in [4.69, 9.17) is 17.0 Å². The molecule has 3 nitrogen and oxygen atoms in total. The Hall–Kier alpha value is -2.07. The van der Waals surface area contributed by atoms with Gasteiger partial charge in [0.05, 0.1) is 7.11 Å². The Bertz CT molecular complexity index is 584. The van der Waals surface area contributed by atoms with Crippen LogP contribution in [0.5, 0.6) is 5.75 Å². The molecule has 0 aliphatic rings. The topological polar surface area (TPSA) is 24.5 Å². The van der Waals surface area contributed by atoms with Crippen molar-refractivity contribution >= 4 is 17.3 Å². The summed E-state index contributed by atoms with van der Waals surface area (Å²) >= 11 is 5.51. The van der Waals surface area contributed by atoms with Crippen LogP contribution in [0.4, 0.5) is 0 Å². The van der Waals surface area contributed by atoms with Crippen molar-refractivity contribution in [1.29, 1.82) is 0 Å². The maximum atomic E-state index is 5.51. The molecule has 0 aliphatic carbocycles. The van der Waals surface area contributed by atoms with Gasteiger partial charge >= 0.3 is 0 Å². The lowest BCUT2D eigenvalue weighted by Gasteiger charge is -2.24. The maximum Gasteiger partial charge on any atom is 0.169 e. The Morgan fingerprint density at radius 2 is 1.73 bits per heavy atom. The van der Waals surface area contributed by atoms with Gasteiger partial charge in [0.15, 0.2) is 5.11 Å². The Kier molecular flexibility index (Phi) is 6.22. The van der Waals surface area contributed by atoms with Crippen LogP contribution < -0.4 is 10.1 Å². The Morgan fingerprint density at radius 3 is 2.32 bits per heavy atom. The average Bonchev–Trinajstić information content (AvgIpc) is 2.59. The lowest BCUT2D eigenvalue weighted by atomic mass is 10.2. The average molecular weight is 314 g/mol. The normalized spacial score (nSPS) is 10.1. The Labute approximate surface area is 137 Å². The second-order valence-corrected chi connectivity index (χ2v) is 5.39. The van der Waals surface area contributed by atoms with E-state index in [1.807, 2.05) is 30.3 Å². The van der Waals surface area contributed by atoms with Crippen LogP contribution in [0.1, 0.15) is 18.1 Å². The maximum absolute atomic E-state index is 5.51. The molecule has 1 N–H and O–H groups in total. The third-order valence-electron chi connectivity index (χ3n) is 3.49. The molecular formula is C18H22N2OS. The van der Waals surface area contributed by atoms with Crippen molar-refractivity contribution in [2.24, 2.45) is 0 Å². The first-order chi connectivity index (χ1) is 10.7. The van der Waals surface area contributed by atoms with Gasteiger partial charge in [-0.3, -0.25) is 0 Å². The first-order valence-electron chi connectivity index (χ1n) is 7.42. The SMILES string of the molecule is CCN(Cc1ccccc1)C(=S)NCc1ccc(OC)cc1. The number of hydrogen-bond acceptors (Lipinski definition) is 2. The van der Waals surface area contributed by atoms with E-state index in [0.29, 0.717) is 6.54 Å². The molecule has 0 radical (unpaired) electrons. The van der Waals surface area contributed by atoms with Gasteiger partial charge in [0.2, 0.25) is 0 Å². The first-order valence-corrected chi connectivity index (χ1v) is 7.83. The van der Waals surface area contributed by atoms with E-state index in [1.165, 1.54) is 11.1 Å². The molecule has 0 spiro atoms. The molecule has 0 aliphatic heterocycles. The fraction of sp³-hybridized carbons (Fsp3) is 0.278. The van der Waals surface area contributed by atoms with Crippen LogP contribution in [0.2, 0.25) is 0 Å². The summed E-state index contributed by atoms with van der Waals surface area (Å²) in [4.78, 5) is 2.16. The highest BCUT2D eigenvalue weighted by molar-refractivity contribution is 7.80. The van der Waals surface area contributed by atoms with Gasteiger partial charge in [-0.25, -0.2) is 0 Å². The van der Waals surface area contributed by atoms with Crippen molar-refractivity contribution in [2.45, 2.75) is 20.0 Å². The molecule has 0 heterocycles. The third-order valence-corrected chi connectivity index (χ3v) is 3.89. The van der Waals surface area contributed by atoms with Crippen LogP contribution >= 0.6 is 12.2 Å². The van der Waals surface area contributed by atoms with E-state index >= 15 is 0 Å². The lowest BCUT2D eigenvalue weighted by Crippen LogP contribution is -2.38. The van der Waals surface area contributed by atoms with Crippen molar-refractivity contribution in [2.75, 3.05) is 13.7 Å². The van der Waals surface area contributed by atoms with Gasteiger partial charge in [-0.15, -0.1) is 0 Å². The second kappa shape index (κ2) is 8.39. The minimum absolute atomic E-state index is 0.716. The Morgan fingerprint density at radius 1 is 1.05 bits per heavy atom. The van der Waals surface area contributed by atoms with Crippen molar-refractivity contribution in [1.82, 2.24) is 10.2 Å². The van der Waals surface area contributed by atoms with E-state index < -0.39 is 0 Å². The molecular weight excluding hydrogens is 292 g/mol. The van der Waals surface area contributed by atoms with E-state index in [-0.39, 0.29) is 0 Å². The zero-order valence-electron chi connectivity index (χ0n) is 13.1. The fourth-order valence-electron chi connectivity index (χ4n) is 2.16. The highest BCUT2D eigenvalue weighted by Gasteiger charge is 2.07. The van der Waals surface area contributed by atoms with Crippen molar-refractivity contribution in [3.05, 3.63) is 65.7 Å². The number of benzene rings is 2. The van der Waals surface area contributed by atoms with Gasteiger partial charge in [-0.1, -0.05) is 42.5 Å². The second-order valence-electron chi connectivity index (χ2n) is 5.01.